The van der Waals surface area contributed by atoms with Crippen LogP contribution in [0.2, 0.25) is 0 Å². The Kier molecular flexibility index (Phi) is 5.15. The summed E-state index contributed by atoms with van der Waals surface area (Å²) in [6.07, 6.45) is -0.320. The van der Waals surface area contributed by atoms with Crippen LogP contribution in [0, 0.1) is 20.2 Å². The zero-order chi connectivity index (χ0) is 18.7. The number of rotatable bonds is 6. The minimum Gasteiger partial charge on any atom is -0.302 e. The molecule has 3 aromatic carbocycles. The van der Waals surface area contributed by atoms with Gasteiger partial charge >= 0.3 is 0 Å². The van der Waals surface area contributed by atoms with Crippen LogP contribution in [0.1, 0.15) is 18.6 Å². The lowest BCUT2D eigenvalue weighted by Crippen LogP contribution is -1.97. The van der Waals surface area contributed by atoms with E-state index in [1.54, 1.807) is 0 Å². The first-order valence-electron chi connectivity index (χ1n) is 7.70. The van der Waals surface area contributed by atoms with E-state index in [0.29, 0.717) is 0 Å². The predicted molar refractivity (Wildman–Crippen MR) is 99.1 cm³/mol. The Balaban J connectivity index is 1.79. The minimum atomic E-state index is -0.667. The zero-order valence-electron chi connectivity index (χ0n) is 13.7. The molecule has 0 fully saturated rings. The number of fused-ring (bicyclic) bond motifs is 1. The molecule has 0 N–H and O–H groups in total. The lowest BCUT2D eigenvalue weighted by Gasteiger charge is -2.13. The van der Waals surface area contributed by atoms with Gasteiger partial charge in [-0.3, -0.25) is 20.2 Å². The molecule has 0 aliphatic heterocycles. The number of hydrogen-bond donors (Lipinski definition) is 0. The van der Waals surface area contributed by atoms with Gasteiger partial charge in [-0.05, 0) is 35.4 Å². The van der Waals surface area contributed by atoms with Crippen LogP contribution in [0.3, 0.4) is 0 Å². The molecule has 0 aliphatic rings. The van der Waals surface area contributed by atoms with Crippen molar-refractivity contribution in [1.29, 1.82) is 0 Å². The lowest BCUT2D eigenvalue weighted by molar-refractivity contribution is -0.396. The number of benzene rings is 3. The van der Waals surface area contributed by atoms with Crippen molar-refractivity contribution < 1.29 is 14.0 Å². The third-order valence-corrected chi connectivity index (χ3v) is 4.78. The molecule has 0 bridgehead atoms. The van der Waals surface area contributed by atoms with E-state index < -0.39 is 9.85 Å². The maximum absolute atomic E-state index is 11.2. The van der Waals surface area contributed by atoms with Crippen molar-refractivity contribution in [1.82, 2.24) is 0 Å². The summed E-state index contributed by atoms with van der Waals surface area (Å²) in [4.78, 5) is 20.9. The summed E-state index contributed by atoms with van der Waals surface area (Å²) in [5.41, 5.74) is 0.249. The highest BCUT2D eigenvalue weighted by Gasteiger charge is 2.21. The molecule has 26 heavy (non-hydrogen) atoms. The fraction of sp³-hybridized carbons (Fsp3) is 0.111. The second kappa shape index (κ2) is 7.51. The Morgan fingerprint density at radius 1 is 0.923 bits per heavy atom. The molecule has 0 heterocycles. The molecule has 0 saturated carbocycles. The van der Waals surface area contributed by atoms with Crippen molar-refractivity contribution >= 4 is 34.2 Å². The van der Waals surface area contributed by atoms with Gasteiger partial charge in [0.05, 0.1) is 22.0 Å². The number of hydrogen-bond acceptors (Lipinski definition) is 6. The van der Waals surface area contributed by atoms with Gasteiger partial charge in [-0.1, -0.05) is 36.4 Å². The second-order valence-electron chi connectivity index (χ2n) is 5.59. The molecule has 132 valence electrons. The van der Waals surface area contributed by atoms with Crippen LogP contribution in [0.25, 0.3) is 10.8 Å². The topological polar surface area (TPSA) is 95.5 Å². The molecule has 7 nitrogen and oxygen atoms in total. The number of nitrogens with zero attached hydrogens (tertiary/aromatic N) is 2. The predicted octanol–water partition coefficient (Wildman–Crippen LogP) is 5.44. The quantitative estimate of drug-likeness (QED) is 0.326. The van der Waals surface area contributed by atoms with Crippen LogP contribution in [-0.2, 0) is 4.18 Å². The normalized spacial score (nSPS) is 12.0. The highest BCUT2D eigenvalue weighted by atomic mass is 32.2. The fourth-order valence-electron chi connectivity index (χ4n) is 2.47. The highest BCUT2D eigenvalue weighted by Crippen LogP contribution is 2.36. The molecule has 1 atom stereocenters. The van der Waals surface area contributed by atoms with Crippen LogP contribution in [-0.4, -0.2) is 9.85 Å². The number of non-ortho nitro benzene ring substituents is 1. The van der Waals surface area contributed by atoms with Gasteiger partial charge < -0.3 is 4.18 Å². The molecule has 0 aliphatic carbocycles. The van der Waals surface area contributed by atoms with Crippen molar-refractivity contribution in [2.24, 2.45) is 0 Å². The summed E-state index contributed by atoms with van der Waals surface area (Å²) in [5, 5.41) is 24.2. The van der Waals surface area contributed by atoms with Gasteiger partial charge in [0.1, 0.15) is 4.90 Å². The second-order valence-corrected chi connectivity index (χ2v) is 6.39. The van der Waals surface area contributed by atoms with Crippen molar-refractivity contribution in [3.63, 3.8) is 0 Å². The number of nitro groups is 2. The summed E-state index contributed by atoms with van der Waals surface area (Å²) >= 11 is 0.840. The Morgan fingerprint density at radius 2 is 1.65 bits per heavy atom. The van der Waals surface area contributed by atoms with E-state index in [1.165, 1.54) is 12.1 Å². The average Bonchev–Trinajstić information content (AvgIpc) is 2.65. The fourth-order valence-corrected chi connectivity index (χ4v) is 3.17. The van der Waals surface area contributed by atoms with Gasteiger partial charge in [-0.25, -0.2) is 0 Å². The maximum atomic E-state index is 11.2. The van der Waals surface area contributed by atoms with Gasteiger partial charge in [0, 0.05) is 18.1 Å². The first kappa shape index (κ1) is 17.8. The minimum absolute atomic E-state index is 0.216. The van der Waals surface area contributed by atoms with E-state index in [0.717, 1.165) is 34.4 Å². The molecule has 0 unspecified atom stereocenters. The molecular weight excluding hydrogens is 356 g/mol. The molecular formula is C18H14N2O5S. The van der Waals surface area contributed by atoms with E-state index in [9.17, 15) is 20.2 Å². The van der Waals surface area contributed by atoms with E-state index in [1.807, 2.05) is 49.4 Å². The first-order chi connectivity index (χ1) is 12.5. The summed E-state index contributed by atoms with van der Waals surface area (Å²) in [6, 6.07) is 17.4. The SMILES string of the molecule is C[C@H](OSc1ccc([N+](=O)[O-])cc1[N+](=O)[O-])c1ccc2ccccc2c1. The van der Waals surface area contributed by atoms with E-state index in [4.69, 9.17) is 4.18 Å². The van der Waals surface area contributed by atoms with Gasteiger partial charge in [0.2, 0.25) is 0 Å². The summed E-state index contributed by atoms with van der Waals surface area (Å²) < 4.78 is 5.70. The van der Waals surface area contributed by atoms with Crippen LogP contribution >= 0.6 is 12.0 Å². The molecule has 0 radical (unpaired) electrons. The van der Waals surface area contributed by atoms with E-state index >= 15 is 0 Å². The standard InChI is InChI=1S/C18H14N2O5S/c1-12(14-7-6-13-4-2-3-5-15(13)10-14)25-26-18-9-8-16(19(21)22)11-17(18)20(23)24/h2-12H,1H3/t12-/m0/s1. The van der Waals surface area contributed by atoms with Gasteiger partial charge in [-0.2, -0.15) is 0 Å². The van der Waals surface area contributed by atoms with Gasteiger partial charge in [-0.15, -0.1) is 0 Å². The zero-order valence-corrected chi connectivity index (χ0v) is 14.5. The van der Waals surface area contributed by atoms with E-state index in [2.05, 4.69) is 0 Å². The third kappa shape index (κ3) is 3.81. The van der Waals surface area contributed by atoms with Crippen LogP contribution in [0.5, 0.6) is 0 Å². The van der Waals surface area contributed by atoms with Crippen LogP contribution in [0.4, 0.5) is 11.4 Å². The van der Waals surface area contributed by atoms with Crippen molar-refractivity contribution in [3.05, 3.63) is 86.5 Å². The molecule has 0 amide bonds. The molecule has 8 heteroatoms. The van der Waals surface area contributed by atoms with Crippen LogP contribution < -0.4 is 0 Å². The Bertz CT molecular complexity index is 992. The van der Waals surface area contributed by atoms with Gasteiger partial charge in [0.25, 0.3) is 11.4 Å². The largest absolute Gasteiger partial charge is 0.302 e. The van der Waals surface area contributed by atoms with Crippen LogP contribution in [0.15, 0.2) is 65.6 Å². The Morgan fingerprint density at radius 3 is 2.35 bits per heavy atom. The summed E-state index contributed by atoms with van der Waals surface area (Å²) in [6.45, 7) is 1.84. The first-order valence-corrected chi connectivity index (χ1v) is 8.45. The molecule has 0 aromatic heterocycles. The van der Waals surface area contributed by atoms with E-state index in [-0.39, 0.29) is 22.4 Å². The highest BCUT2D eigenvalue weighted by molar-refractivity contribution is 7.94. The average molecular weight is 370 g/mol. The third-order valence-electron chi connectivity index (χ3n) is 3.88. The Labute approximate surface area is 153 Å². The summed E-state index contributed by atoms with van der Waals surface area (Å²) in [7, 11) is 0. The Hall–Kier alpha value is -2.97. The summed E-state index contributed by atoms with van der Waals surface area (Å²) in [5.74, 6) is 0. The maximum Gasteiger partial charge on any atom is 0.292 e. The van der Waals surface area contributed by atoms with Crippen molar-refractivity contribution in [3.8, 4) is 0 Å². The molecule has 0 saturated heterocycles. The van der Waals surface area contributed by atoms with Crippen molar-refractivity contribution in [2.45, 2.75) is 17.9 Å². The monoisotopic (exact) mass is 370 g/mol. The number of nitro benzene ring substituents is 2. The smallest absolute Gasteiger partial charge is 0.292 e. The lowest BCUT2D eigenvalue weighted by atomic mass is 10.0. The van der Waals surface area contributed by atoms with Gasteiger partial charge in [0.15, 0.2) is 0 Å². The molecule has 0 spiro atoms. The molecule has 3 rings (SSSR count). The van der Waals surface area contributed by atoms with Crippen molar-refractivity contribution in [2.75, 3.05) is 0 Å². The molecule has 3 aromatic rings.